The molecule has 0 fully saturated rings. The Morgan fingerprint density at radius 1 is 1.07 bits per heavy atom. The van der Waals surface area contributed by atoms with Gasteiger partial charge >= 0.3 is 0 Å². The highest BCUT2D eigenvalue weighted by atomic mass is 35.5. The fourth-order valence-corrected chi connectivity index (χ4v) is 2.83. The molecule has 1 aromatic heterocycles. The van der Waals surface area contributed by atoms with E-state index in [9.17, 15) is 0 Å². The van der Waals surface area contributed by atoms with Crippen molar-refractivity contribution in [1.82, 2.24) is 20.2 Å². The van der Waals surface area contributed by atoms with Crippen LogP contribution in [-0.2, 0) is 19.7 Å². The number of rotatable bonds is 9. The van der Waals surface area contributed by atoms with Crippen LogP contribution in [0.1, 0.15) is 30.9 Å². The van der Waals surface area contributed by atoms with Crippen LogP contribution in [0.25, 0.3) is 0 Å². The predicted octanol–water partition coefficient (Wildman–Crippen LogP) is 4.97. The van der Waals surface area contributed by atoms with Gasteiger partial charge in [-0.15, -0.1) is 0 Å². The molecule has 3 rings (SSSR count). The summed E-state index contributed by atoms with van der Waals surface area (Å²) in [5, 5.41) is 16.1. The Morgan fingerprint density at radius 3 is 2.78 bits per heavy atom. The molecule has 0 aliphatic heterocycles. The summed E-state index contributed by atoms with van der Waals surface area (Å²) in [5.41, 5.74) is 2.04. The van der Waals surface area contributed by atoms with E-state index in [1.807, 2.05) is 36.4 Å². The Bertz CT molecular complexity index is 884. The monoisotopic (exact) mass is 405 g/mol. The fourth-order valence-electron chi connectivity index (χ4n) is 2.51. The molecule has 0 aliphatic rings. The molecule has 1 N–H and O–H groups in total. The standard InChI is InChI=1S/C19H21Cl2N5O/c1-2-3-9-26-19(23-24-25-26)22-12-14-5-4-6-16(10-14)27-13-15-7-8-17(20)18(21)11-15/h4-8,10-11H,2-3,9,12-13H2,1H3,(H,22,23,25). The summed E-state index contributed by atoms with van der Waals surface area (Å²) < 4.78 is 7.65. The SMILES string of the molecule is CCCCn1nnnc1NCc1cccc(OCc2ccc(Cl)c(Cl)c2)c1. The van der Waals surface area contributed by atoms with Crippen LogP contribution in [0.3, 0.4) is 0 Å². The van der Waals surface area contributed by atoms with Gasteiger partial charge in [-0.1, -0.05) is 59.8 Å². The van der Waals surface area contributed by atoms with Gasteiger partial charge in [-0.3, -0.25) is 0 Å². The maximum Gasteiger partial charge on any atom is 0.243 e. The molecular formula is C19H21Cl2N5O. The maximum atomic E-state index is 6.04. The van der Waals surface area contributed by atoms with Gasteiger partial charge in [0.15, 0.2) is 0 Å². The number of nitrogens with one attached hydrogen (secondary N) is 1. The number of anilines is 1. The molecule has 2 aromatic carbocycles. The van der Waals surface area contributed by atoms with Crippen LogP contribution in [0.4, 0.5) is 5.95 Å². The zero-order chi connectivity index (χ0) is 19.1. The number of ether oxygens (including phenoxy) is 1. The van der Waals surface area contributed by atoms with E-state index in [1.54, 1.807) is 10.7 Å². The molecule has 1 heterocycles. The Balaban J connectivity index is 1.57. The minimum absolute atomic E-state index is 0.420. The number of hydrogen-bond donors (Lipinski definition) is 1. The molecule has 0 radical (unpaired) electrons. The molecule has 3 aromatic rings. The molecule has 0 saturated heterocycles. The van der Waals surface area contributed by atoms with E-state index in [1.165, 1.54) is 0 Å². The van der Waals surface area contributed by atoms with Crippen molar-refractivity contribution < 1.29 is 4.74 Å². The number of nitrogens with zero attached hydrogens (tertiary/aromatic N) is 4. The van der Waals surface area contributed by atoms with E-state index in [4.69, 9.17) is 27.9 Å². The Morgan fingerprint density at radius 2 is 1.96 bits per heavy atom. The average Bonchev–Trinajstić information content (AvgIpc) is 3.13. The van der Waals surface area contributed by atoms with Crippen molar-refractivity contribution in [3.8, 4) is 5.75 Å². The molecule has 0 atom stereocenters. The number of unbranched alkanes of at least 4 members (excludes halogenated alkanes) is 1. The van der Waals surface area contributed by atoms with Gasteiger partial charge in [-0.25, -0.2) is 4.68 Å². The third-order valence-electron chi connectivity index (χ3n) is 3.99. The molecule has 0 amide bonds. The third kappa shape index (κ3) is 5.58. The second kappa shape index (κ2) is 9.58. The average molecular weight is 406 g/mol. The van der Waals surface area contributed by atoms with Gasteiger partial charge in [0.2, 0.25) is 5.95 Å². The minimum atomic E-state index is 0.420. The highest BCUT2D eigenvalue weighted by Gasteiger charge is 2.06. The number of tetrazole rings is 1. The van der Waals surface area contributed by atoms with Crippen LogP contribution in [0.5, 0.6) is 5.75 Å². The zero-order valence-corrected chi connectivity index (χ0v) is 16.5. The number of hydrogen-bond acceptors (Lipinski definition) is 5. The number of aryl methyl sites for hydroxylation is 1. The van der Waals surface area contributed by atoms with Crippen molar-refractivity contribution in [1.29, 1.82) is 0 Å². The van der Waals surface area contributed by atoms with Crippen molar-refractivity contribution in [2.24, 2.45) is 0 Å². The number of halogens is 2. The second-order valence-corrected chi connectivity index (χ2v) is 6.93. The quantitative estimate of drug-likeness (QED) is 0.544. The maximum absolute atomic E-state index is 6.04. The van der Waals surface area contributed by atoms with Crippen LogP contribution in [0, 0.1) is 0 Å². The first kappa shape index (κ1) is 19.5. The lowest BCUT2D eigenvalue weighted by Crippen LogP contribution is -2.09. The van der Waals surface area contributed by atoms with Crippen molar-refractivity contribution in [2.45, 2.75) is 39.5 Å². The molecule has 0 bridgehead atoms. The molecule has 0 aliphatic carbocycles. The summed E-state index contributed by atoms with van der Waals surface area (Å²) in [5.74, 6) is 1.46. The van der Waals surface area contributed by atoms with Gasteiger partial charge in [0, 0.05) is 13.1 Å². The summed E-state index contributed by atoms with van der Waals surface area (Å²) in [6, 6.07) is 13.4. The third-order valence-corrected chi connectivity index (χ3v) is 4.73. The lowest BCUT2D eigenvalue weighted by atomic mass is 10.2. The molecule has 0 saturated carbocycles. The molecule has 8 heteroatoms. The van der Waals surface area contributed by atoms with Crippen LogP contribution in [0.15, 0.2) is 42.5 Å². The molecule has 6 nitrogen and oxygen atoms in total. The van der Waals surface area contributed by atoms with Crippen molar-refractivity contribution in [3.63, 3.8) is 0 Å². The Kier molecular flexibility index (Phi) is 6.90. The molecule has 142 valence electrons. The van der Waals surface area contributed by atoms with Gasteiger partial charge in [0.25, 0.3) is 0 Å². The largest absolute Gasteiger partial charge is 0.489 e. The van der Waals surface area contributed by atoms with Crippen LogP contribution < -0.4 is 10.1 Å². The lowest BCUT2D eigenvalue weighted by Gasteiger charge is -2.10. The summed E-state index contributed by atoms with van der Waals surface area (Å²) in [4.78, 5) is 0. The number of aromatic nitrogens is 4. The number of benzene rings is 2. The van der Waals surface area contributed by atoms with Crippen molar-refractivity contribution >= 4 is 29.2 Å². The van der Waals surface area contributed by atoms with Gasteiger partial charge in [0.1, 0.15) is 12.4 Å². The van der Waals surface area contributed by atoms with E-state index >= 15 is 0 Å². The smallest absolute Gasteiger partial charge is 0.243 e. The van der Waals surface area contributed by atoms with Crippen LogP contribution >= 0.6 is 23.2 Å². The first-order valence-corrected chi connectivity index (χ1v) is 9.57. The van der Waals surface area contributed by atoms with Gasteiger partial charge in [-0.2, -0.15) is 0 Å². The van der Waals surface area contributed by atoms with Gasteiger partial charge < -0.3 is 10.1 Å². The topological polar surface area (TPSA) is 64.9 Å². The van der Waals surface area contributed by atoms with Crippen molar-refractivity contribution in [2.75, 3.05) is 5.32 Å². The van der Waals surface area contributed by atoms with Crippen LogP contribution in [0.2, 0.25) is 10.0 Å². The van der Waals surface area contributed by atoms with E-state index in [2.05, 4.69) is 27.8 Å². The first-order chi connectivity index (χ1) is 13.2. The summed E-state index contributed by atoms with van der Waals surface area (Å²) in [6.45, 7) is 3.97. The highest BCUT2D eigenvalue weighted by Crippen LogP contribution is 2.23. The van der Waals surface area contributed by atoms with E-state index in [0.29, 0.717) is 29.1 Å². The summed E-state index contributed by atoms with van der Waals surface area (Å²) in [7, 11) is 0. The summed E-state index contributed by atoms with van der Waals surface area (Å²) in [6.07, 6.45) is 2.13. The molecule has 0 unspecified atom stereocenters. The Labute approximate surface area is 168 Å². The molecule has 27 heavy (non-hydrogen) atoms. The normalized spacial score (nSPS) is 10.8. The molecular weight excluding hydrogens is 385 g/mol. The zero-order valence-electron chi connectivity index (χ0n) is 15.0. The lowest BCUT2D eigenvalue weighted by molar-refractivity contribution is 0.306. The molecule has 0 spiro atoms. The van der Waals surface area contributed by atoms with E-state index in [-0.39, 0.29) is 0 Å². The fraction of sp³-hybridized carbons (Fsp3) is 0.316. The highest BCUT2D eigenvalue weighted by molar-refractivity contribution is 6.42. The Hall–Kier alpha value is -2.31. The first-order valence-electron chi connectivity index (χ1n) is 8.81. The van der Waals surface area contributed by atoms with Crippen LogP contribution in [-0.4, -0.2) is 20.2 Å². The predicted molar refractivity (Wildman–Crippen MR) is 107 cm³/mol. The second-order valence-electron chi connectivity index (χ2n) is 6.12. The minimum Gasteiger partial charge on any atom is -0.489 e. The van der Waals surface area contributed by atoms with E-state index < -0.39 is 0 Å². The van der Waals surface area contributed by atoms with E-state index in [0.717, 1.165) is 36.3 Å². The van der Waals surface area contributed by atoms with Crippen molar-refractivity contribution in [3.05, 3.63) is 63.6 Å². The van der Waals surface area contributed by atoms with Gasteiger partial charge in [-0.05, 0) is 52.2 Å². The van der Waals surface area contributed by atoms with Gasteiger partial charge in [0.05, 0.1) is 10.0 Å². The summed E-state index contributed by atoms with van der Waals surface area (Å²) >= 11 is 12.0.